The number of carbonyl (C=O) groups is 1. The Hall–Kier alpha value is -3.46. The molecule has 156 valence electrons. The highest BCUT2D eigenvalue weighted by atomic mass is 32.2. The number of ether oxygens (including phenoxy) is 1. The zero-order valence-corrected chi connectivity index (χ0v) is 17.4. The maximum Gasteiger partial charge on any atom is 0.264 e. The SMILES string of the molecule is CCc1cccc(OCC(=O)Nc2ccc(S(=O)(=O)Nc3nccc(C)n3)cc2)c1. The molecule has 9 heteroatoms. The zero-order chi connectivity index (χ0) is 21.6. The van der Waals surface area contributed by atoms with E-state index >= 15 is 0 Å². The van der Waals surface area contributed by atoms with Gasteiger partial charge in [-0.1, -0.05) is 19.1 Å². The number of anilines is 2. The molecule has 0 saturated heterocycles. The van der Waals surface area contributed by atoms with E-state index in [1.807, 2.05) is 25.1 Å². The van der Waals surface area contributed by atoms with Gasteiger partial charge in [0.1, 0.15) is 5.75 Å². The molecule has 0 atom stereocenters. The lowest BCUT2D eigenvalue weighted by molar-refractivity contribution is -0.118. The third-order valence-corrected chi connectivity index (χ3v) is 5.49. The van der Waals surface area contributed by atoms with Crippen LogP contribution < -0.4 is 14.8 Å². The van der Waals surface area contributed by atoms with E-state index in [4.69, 9.17) is 4.74 Å². The molecule has 0 aliphatic carbocycles. The van der Waals surface area contributed by atoms with Gasteiger partial charge in [0.25, 0.3) is 15.9 Å². The summed E-state index contributed by atoms with van der Waals surface area (Å²) in [6, 6.07) is 15.0. The van der Waals surface area contributed by atoms with Crippen LogP contribution >= 0.6 is 0 Å². The summed E-state index contributed by atoms with van der Waals surface area (Å²) in [5.41, 5.74) is 2.22. The minimum atomic E-state index is -3.84. The van der Waals surface area contributed by atoms with Crippen molar-refractivity contribution in [2.45, 2.75) is 25.2 Å². The Morgan fingerprint density at radius 3 is 2.57 bits per heavy atom. The van der Waals surface area contributed by atoms with E-state index < -0.39 is 10.0 Å². The Labute approximate surface area is 175 Å². The van der Waals surface area contributed by atoms with Gasteiger partial charge in [0.15, 0.2) is 6.61 Å². The van der Waals surface area contributed by atoms with Crippen LogP contribution in [0.4, 0.5) is 11.6 Å². The van der Waals surface area contributed by atoms with Crippen molar-refractivity contribution < 1.29 is 17.9 Å². The summed E-state index contributed by atoms with van der Waals surface area (Å²) >= 11 is 0. The quantitative estimate of drug-likeness (QED) is 0.572. The molecule has 0 saturated carbocycles. The molecule has 2 N–H and O–H groups in total. The normalized spacial score (nSPS) is 11.0. The molecule has 0 bridgehead atoms. The first kappa shape index (κ1) is 21.3. The van der Waals surface area contributed by atoms with Crippen LogP contribution in [0.2, 0.25) is 0 Å². The molecule has 0 unspecified atom stereocenters. The first-order valence-electron chi connectivity index (χ1n) is 9.30. The number of amides is 1. The lowest BCUT2D eigenvalue weighted by atomic mass is 10.2. The highest BCUT2D eigenvalue weighted by molar-refractivity contribution is 7.92. The van der Waals surface area contributed by atoms with Crippen molar-refractivity contribution in [2.75, 3.05) is 16.6 Å². The van der Waals surface area contributed by atoms with Crippen molar-refractivity contribution in [3.05, 3.63) is 72.1 Å². The fourth-order valence-corrected chi connectivity index (χ4v) is 3.55. The zero-order valence-electron chi connectivity index (χ0n) is 16.6. The Kier molecular flexibility index (Phi) is 6.63. The summed E-state index contributed by atoms with van der Waals surface area (Å²) in [7, 11) is -3.84. The van der Waals surface area contributed by atoms with Gasteiger partial charge in [-0.2, -0.15) is 0 Å². The molecule has 1 heterocycles. The van der Waals surface area contributed by atoms with Crippen molar-refractivity contribution in [3.8, 4) is 5.75 Å². The lowest BCUT2D eigenvalue weighted by Gasteiger charge is -2.10. The Balaban J connectivity index is 1.58. The van der Waals surface area contributed by atoms with Crippen LogP contribution in [0.3, 0.4) is 0 Å². The second-order valence-electron chi connectivity index (χ2n) is 6.49. The van der Waals surface area contributed by atoms with E-state index in [0.717, 1.165) is 12.0 Å². The smallest absolute Gasteiger partial charge is 0.264 e. The fraction of sp³-hybridized carbons (Fsp3) is 0.190. The van der Waals surface area contributed by atoms with Gasteiger partial charge in [-0.3, -0.25) is 4.79 Å². The molecule has 8 nitrogen and oxygen atoms in total. The van der Waals surface area contributed by atoms with Gasteiger partial charge in [-0.25, -0.2) is 23.1 Å². The largest absolute Gasteiger partial charge is 0.484 e. The van der Waals surface area contributed by atoms with E-state index in [2.05, 4.69) is 20.0 Å². The number of carbonyl (C=O) groups excluding carboxylic acids is 1. The molecule has 3 aromatic rings. The first-order valence-corrected chi connectivity index (χ1v) is 10.8. The highest BCUT2D eigenvalue weighted by Crippen LogP contribution is 2.17. The number of aryl methyl sites for hydroxylation is 2. The van der Waals surface area contributed by atoms with Gasteiger partial charge in [0.05, 0.1) is 4.90 Å². The molecule has 0 aliphatic rings. The lowest BCUT2D eigenvalue weighted by Crippen LogP contribution is -2.20. The highest BCUT2D eigenvalue weighted by Gasteiger charge is 2.16. The second kappa shape index (κ2) is 9.36. The third kappa shape index (κ3) is 5.77. The van der Waals surface area contributed by atoms with E-state index in [9.17, 15) is 13.2 Å². The molecule has 0 fully saturated rings. The molecule has 30 heavy (non-hydrogen) atoms. The number of hydrogen-bond acceptors (Lipinski definition) is 6. The average Bonchev–Trinajstić information content (AvgIpc) is 2.72. The van der Waals surface area contributed by atoms with Gasteiger partial charge in [-0.05, 0) is 61.4 Å². The summed E-state index contributed by atoms with van der Waals surface area (Å²) in [5.74, 6) is 0.269. The maximum absolute atomic E-state index is 12.5. The van der Waals surface area contributed by atoms with Crippen molar-refractivity contribution in [1.29, 1.82) is 0 Å². The van der Waals surface area contributed by atoms with Gasteiger partial charge < -0.3 is 10.1 Å². The number of sulfonamides is 1. The third-order valence-electron chi connectivity index (χ3n) is 4.15. The summed E-state index contributed by atoms with van der Waals surface area (Å²) in [5, 5.41) is 2.67. The van der Waals surface area contributed by atoms with Crippen molar-refractivity contribution >= 4 is 27.6 Å². The molecule has 0 radical (unpaired) electrons. The van der Waals surface area contributed by atoms with E-state index in [0.29, 0.717) is 17.1 Å². The maximum atomic E-state index is 12.5. The molecular formula is C21H22N4O4S. The summed E-state index contributed by atoms with van der Waals surface area (Å²) in [6.07, 6.45) is 2.35. The monoisotopic (exact) mass is 426 g/mol. The predicted octanol–water partition coefficient (Wildman–Crippen LogP) is 3.17. The Bertz CT molecular complexity index is 1130. The van der Waals surface area contributed by atoms with Gasteiger partial charge >= 0.3 is 0 Å². The molecule has 0 aliphatic heterocycles. The molecule has 3 rings (SSSR count). The van der Waals surface area contributed by atoms with Gasteiger partial charge in [-0.15, -0.1) is 0 Å². The van der Waals surface area contributed by atoms with Gasteiger partial charge in [0, 0.05) is 17.6 Å². The van der Waals surface area contributed by atoms with Gasteiger partial charge in [0.2, 0.25) is 5.95 Å². The minimum absolute atomic E-state index is 0.00308. The van der Waals surface area contributed by atoms with Crippen molar-refractivity contribution in [3.63, 3.8) is 0 Å². The van der Waals surface area contributed by atoms with Crippen LogP contribution in [0.25, 0.3) is 0 Å². The van der Waals surface area contributed by atoms with E-state index in [1.165, 1.54) is 30.5 Å². The predicted molar refractivity (Wildman–Crippen MR) is 114 cm³/mol. The molecule has 1 aromatic heterocycles. The molecule has 1 amide bonds. The van der Waals surface area contributed by atoms with Crippen molar-refractivity contribution in [2.24, 2.45) is 0 Å². The summed E-state index contributed by atoms with van der Waals surface area (Å²) < 4.78 is 32.7. The van der Waals surface area contributed by atoms with Crippen molar-refractivity contribution in [1.82, 2.24) is 9.97 Å². The number of nitrogens with zero attached hydrogens (tertiary/aromatic N) is 2. The molecule has 2 aromatic carbocycles. The number of benzene rings is 2. The standard InChI is InChI=1S/C21H22N4O4S/c1-3-16-5-4-6-18(13-16)29-14-20(26)24-17-7-9-19(10-8-17)30(27,28)25-21-22-12-11-15(2)23-21/h4-13H,3,14H2,1-2H3,(H,24,26)(H,22,23,25). The van der Waals surface area contributed by atoms with Crippen LogP contribution in [0.5, 0.6) is 5.75 Å². The van der Waals surface area contributed by atoms with Crippen LogP contribution in [0, 0.1) is 6.92 Å². The van der Waals surface area contributed by atoms with Crippen LogP contribution in [0.15, 0.2) is 65.7 Å². The van der Waals surface area contributed by atoms with E-state index in [1.54, 1.807) is 19.1 Å². The average molecular weight is 426 g/mol. The number of nitrogens with one attached hydrogen (secondary N) is 2. The van der Waals surface area contributed by atoms with Crippen LogP contribution in [-0.2, 0) is 21.2 Å². The summed E-state index contributed by atoms with van der Waals surface area (Å²) in [4.78, 5) is 20.1. The number of hydrogen-bond donors (Lipinski definition) is 2. The fourth-order valence-electron chi connectivity index (χ4n) is 2.60. The first-order chi connectivity index (χ1) is 14.4. The minimum Gasteiger partial charge on any atom is -0.484 e. The molecule has 0 spiro atoms. The van der Waals surface area contributed by atoms with Crippen LogP contribution in [0.1, 0.15) is 18.2 Å². The second-order valence-corrected chi connectivity index (χ2v) is 8.17. The topological polar surface area (TPSA) is 110 Å². The number of aromatic nitrogens is 2. The molecular weight excluding hydrogens is 404 g/mol. The Morgan fingerprint density at radius 2 is 1.87 bits per heavy atom. The Morgan fingerprint density at radius 1 is 1.10 bits per heavy atom. The van der Waals surface area contributed by atoms with Crippen LogP contribution in [-0.4, -0.2) is 30.9 Å². The number of rotatable bonds is 8. The summed E-state index contributed by atoms with van der Waals surface area (Å²) in [6.45, 7) is 3.62. The van der Waals surface area contributed by atoms with E-state index in [-0.39, 0.29) is 23.4 Å².